The number of Topliss-reactive ketones (excluding diaryl/α,β-unsaturated/α-hetero) is 1. The number of aromatic hydroxyl groups is 3. The molecule has 4 saturated carbocycles. The van der Waals surface area contributed by atoms with Gasteiger partial charge in [-0.1, -0.05) is 45.9 Å². The number of nitrogens with zero attached hydrogens (tertiary/aromatic N) is 1. The van der Waals surface area contributed by atoms with E-state index in [1.54, 1.807) is 46.8 Å². The van der Waals surface area contributed by atoms with Crippen LogP contribution < -0.4 is 15.5 Å². The maximum atomic E-state index is 14.6. The summed E-state index contributed by atoms with van der Waals surface area (Å²) >= 11 is 0. The van der Waals surface area contributed by atoms with Crippen LogP contribution in [0.4, 0.5) is 5.69 Å². The first-order chi connectivity index (χ1) is 29.8. The third-order valence-corrected chi connectivity index (χ3v) is 14.7. The number of carbonyl (C=O) groups excluding carboxylic acids is 3. The minimum absolute atomic E-state index is 0.0662. The maximum absolute atomic E-state index is 14.6. The number of phenols is 3. The molecule has 9 atom stereocenters. The summed E-state index contributed by atoms with van der Waals surface area (Å²) in [5.41, 5.74) is 3.05. The van der Waals surface area contributed by atoms with Gasteiger partial charge in [0.25, 0.3) is 11.7 Å². The number of aliphatic hydroxyl groups is 2. The van der Waals surface area contributed by atoms with Crippen molar-refractivity contribution in [2.24, 2.45) is 52.4 Å². The standard InChI is InChI=1S/C48H63N3O12/c1-21-11-10-12-22(2)47(59)50-38-32(20-49-51-37-30-16-28-15-29(18-30)19-31(37)17-28)42(56)34-35(43(38)57)41(55)26(6)45-36(34)46(58)48(8,63-45)61-14-13-33(60-9)23(3)44(62-27(7)52)25(5)40(54)24(4)39(21)53/h10-14,20-21,23-25,28-31,33,37,39-40,44,51,53-57H,15-19H2,1-9H3,(H,50,59)/t21-,23+,24-,25-,28?,29?,30?,31?,33+,37?,39-,40-,44+,48-/m0/s1. The minimum Gasteiger partial charge on any atom is -0.507 e. The number of anilines is 1. The summed E-state index contributed by atoms with van der Waals surface area (Å²) in [5.74, 6) is -5.86. The number of allylic oxidation sites excluding steroid dienone is 2. The van der Waals surface area contributed by atoms with Crippen molar-refractivity contribution in [3.8, 4) is 23.0 Å². The van der Waals surface area contributed by atoms with E-state index in [1.807, 2.05) is 0 Å². The molecule has 3 aliphatic heterocycles. The first-order valence-electron chi connectivity index (χ1n) is 22.1. The molecular formula is C48H63N3O12. The van der Waals surface area contributed by atoms with Crippen LogP contribution >= 0.6 is 0 Å². The van der Waals surface area contributed by atoms with Gasteiger partial charge in [0.05, 0.1) is 53.0 Å². The van der Waals surface area contributed by atoms with Crippen molar-refractivity contribution < 1.29 is 58.9 Å². The molecule has 0 saturated heterocycles. The highest BCUT2D eigenvalue weighted by atomic mass is 16.7. The molecule has 0 spiro atoms. The highest BCUT2D eigenvalue weighted by Gasteiger charge is 2.51. The van der Waals surface area contributed by atoms with Crippen LogP contribution in [-0.4, -0.2) is 92.8 Å². The van der Waals surface area contributed by atoms with Gasteiger partial charge in [0.1, 0.15) is 23.4 Å². The van der Waals surface area contributed by atoms with E-state index in [2.05, 4.69) is 15.8 Å². The van der Waals surface area contributed by atoms with E-state index in [-0.39, 0.29) is 50.5 Å². The van der Waals surface area contributed by atoms with Crippen molar-refractivity contribution in [3.63, 3.8) is 0 Å². The fraction of sp³-hybridized carbons (Fsp3) is 0.583. The van der Waals surface area contributed by atoms with Gasteiger partial charge in [-0.15, -0.1) is 0 Å². The summed E-state index contributed by atoms with van der Waals surface area (Å²) in [4.78, 5) is 40.8. The molecule has 63 heavy (non-hydrogen) atoms. The van der Waals surface area contributed by atoms with Gasteiger partial charge in [-0.2, -0.15) is 5.10 Å². The Bertz CT molecular complexity index is 2240. The first-order valence-corrected chi connectivity index (χ1v) is 22.1. The molecule has 342 valence electrons. The van der Waals surface area contributed by atoms with Crippen molar-refractivity contribution in [3.05, 3.63) is 52.8 Å². The number of amides is 1. The molecule has 9 rings (SSSR count). The molecule has 2 aromatic rings. The second-order valence-electron chi connectivity index (χ2n) is 19.0. The summed E-state index contributed by atoms with van der Waals surface area (Å²) in [6.07, 6.45) is 10.8. The number of aliphatic hydroxyl groups excluding tert-OH is 2. The zero-order valence-corrected chi connectivity index (χ0v) is 37.5. The van der Waals surface area contributed by atoms with Gasteiger partial charge in [0, 0.05) is 67.2 Å². The third kappa shape index (κ3) is 8.39. The number of fused-ring (bicyclic) bond motifs is 14. The Kier molecular flexibility index (Phi) is 13.0. The lowest BCUT2D eigenvalue weighted by atomic mass is 9.54. The van der Waals surface area contributed by atoms with Gasteiger partial charge in [0.2, 0.25) is 0 Å². The number of rotatable bonds is 5. The Balaban J connectivity index is 1.34. The van der Waals surface area contributed by atoms with Crippen LogP contribution in [-0.2, 0) is 23.8 Å². The second kappa shape index (κ2) is 17.8. The van der Waals surface area contributed by atoms with E-state index in [0.29, 0.717) is 11.8 Å². The van der Waals surface area contributed by atoms with Crippen molar-refractivity contribution in [2.75, 3.05) is 12.4 Å². The molecule has 0 aromatic heterocycles. The summed E-state index contributed by atoms with van der Waals surface area (Å²) in [6, 6.07) is 0.120. The van der Waals surface area contributed by atoms with Crippen LogP contribution in [0.5, 0.6) is 23.0 Å². The van der Waals surface area contributed by atoms with Crippen LogP contribution in [0.15, 0.2) is 41.2 Å². The van der Waals surface area contributed by atoms with Gasteiger partial charge in [-0.3, -0.25) is 14.4 Å². The molecule has 15 heteroatoms. The average Bonchev–Trinajstić information content (AvgIpc) is 3.50. The largest absolute Gasteiger partial charge is 0.507 e. The Labute approximate surface area is 368 Å². The molecular weight excluding hydrogens is 811 g/mol. The van der Waals surface area contributed by atoms with Crippen LogP contribution in [0, 0.1) is 54.3 Å². The monoisotopic (exact) mass is 873 g/mol. The van der Waals surface area contributed by atoms with E-state index in [4.69, 9.17) is 18.9 Å². The third-order valence-electron chi connectivity index (χ3n) is 14.7. The molecule has 7 aliphatic rings. The molecule has 0 radical (unpaired) electrons. The normalized spacial score (nSPS) is 35.8. The van der Waals surface area contributed by atoms with Crippen molar-refractivity contribution in [1.82, 2.24) is 5.43 Å². The number of carbonyl (C=O) groups is 3. The maximum Gasteiger partial charge on any atom is 0.312 e. The van der Waals surface area contributed by atoms with Crippen molar-refractivity contribution >= 4 is 40.3 Å². The van der Waals surface area contributed by atoms with E-state index in [9.17, 15) is 39.9 Å². The van der Waals surface area contributed by atoms with Crippen LogP contribution in [0.2, 0.25) is 0 Å². The van der Waals surface area contributed by atoms with Gasteiger partial charge < -0.3 is 55.2 Å². The van der Waals surface area contributed by atoms with Crippen LogP contribution in [0.3, 0.4) is 0 Å². The van der Waals surface area contributed by atoms with Crippen molar-refractivity contribution in [1.29, 1.82) is 0 Å². The lowest BCUT2D eigenvalue weighted by Crippen LogP contribution is -2.53. The zero-order chi connectivity index (χ0) is 45.8. The van der Waals surface area contributed by atoms with E-state index >= 15 is 0 Å². The van der Waals surface area contributed by atoms with Crippen molar-refractivity contribution in [2.45, 2.75) is 124 Å². The molecule has 1 amide bonds. The lowest BCUT2D eigenvalue weighted by molar-refractivity contribution is -0.160. The smallest absolute Gasteiger partial charge is 0.312 e. The molecule has 2 aromatic carbocycles. The molecule has 7 N–H and O–H groups in total. The van der Waals surface area contributed by atoms with Gasteiger partial charge >= 0.3 is 11.8 Å². The van der Waals surface area contributed by atoms with Gasteiger partial charge in [0.15, 0.2) is 5.75 Å². The predicted molar refractivity (Wildman–Crippen MR) is 235 cm³/mol. The topological polar surface area (TPSA) is 226 Å². The number of hydrogen-bond donors (Lipinski definition) is 7. The number of ketones is 1. The highest BCUT2D eigenvalue weighted by molar-refractivity contribution is 6.23. The van der Waals surface area contributed by atoms with E-state index < -0.39 is 88.8 Å². The number of esters is 1. The number of hydrazone groups is 1. The molecule has 4 aliphatic carbocycles. The summed E-state index contributed by atoms with van der Waals surface area (Å²) < 4.78 is 23.7. The van der Waals surface area contributed by atoms with E-state index in [1.165, 1.54) is 58.9 Å². The number of ether oxygens (including phenoxy) is 4. The molecule has 3 heterocycles. The number of benzene rings is 2. The van der Waals surface area contributed by atoms with Gasteiger partial charge in [-0.05, 0) is 75.7 Å². The Morgan fingerprint density at radius 3 is 2.17 bits per heavy atom. The molecule has 4 fully saturated rings. The first kappa shape index (κ1) is 45.9. The molecule has 9 bridgehead atoms. The quantitative estimate of drug-likeness (QED) is 0.0561. The zero-order valence-electron chi connectivity index (χ0n) is 37.5. The summed E-state index contributed by atoms with van der Waals surface area (Å²) in [6.45, 7) is 12.6. The number of hydrogen-bond acceptors (Lipinski definition) is 14. The van der Waals surface area contributed by atoms with Crippen LogP contribution in [0.25, 0.3) is 10.8 Å². The number of nitrogens with one attached hydrogen (secondary N) is 2. The Morgan fingerprint density at radius 2 is 1.56 bits per heavy atom. The fourth-order valence-corrected chi connectivity index (χ4v) is 11.2. The Hall–Kier alpha value is -5.12. The second-order valence-corrected chi connectivity index (χ2v) is 19.0. The highest BCUT2D eigenvalue weighted by Crippen LogP contribution is 2.56. The van der Waals surface area contributed by atoms with Crippen LogP contribution in [0.1, 0.15) is 102 Å². The lowest BCUT2D eigenvalue weighted by Gasteiger charge is -2.54. The number of methoxy groups -OCH3 is 1. The fourth-order valence-electron chi connectivity index (χ4n) is 11.2. The predicted octanol–water partition coefficient (Wildman–Crippen LogP) is 6.50. The van der Waals surface area contributed by atoms with E-state index in [0.717, 1.165) is 37.5 Å². The summed E-state index contributed by atoms with van der Waals surface area (Å²) in [7, 11) is 1.45. The Morgan fingerprint density at radius 1 is 0.905 bits per heavy atom. The SMILES string of the molecule is CO[C@@H]1C=CO[C@@]2(C)Oc3c(C)c(O)c4c(O)c(c(C=NNC5C6CC7CC(C6)CC5C7)c(O)c4c3C2=O)NC(=O)C(C)=CC=C[C@H](C)[C@H](O)[C@H](C)[C@H](O)[C@H](C)[C@H](OC(C)=O)[C@@H]1C. The molecule has 0 unspecified atom stereocenters. The molecule has 15 nitrogen and oxygen atoms in total. The summed E-state index contributed by atoms with van der Waals surface area (Å²) in [5, 5.41) is 65.7. The number of phenolic OH excluding ortho intramolecular Hbond substituents is 3. The minimum atomic E-state index is -2.04. The van der Waals surface area contributed by atoms with Gasteiger partial charge in [-0.25, -0.2) is 0 Å². The average molecular weight is 874 g/mol.